The fraction of sp³-hybridized carbons (Fsp3) is 0.500. The summed E-state index contributed by atoms with van der Waals surface area (Å²) in [5.41, 5.74) is 4.54. The second-order valence-corrected chi connectivity index (χ2v) is 11.9. The Morgan fingerprint density at radius 2 is 2.00 bits per heavy atom. The molecule has 4 rings (SSSR count). The fourth-order valence-corrected chi connectivity index (χ4v) is 5.31. The van der Waals surface area contributed by atoms with E-state index in [0.29, 0.717) is 25.3 Å². The number of amides is 1. The number of nitrogens with one attached hydrogen (secondary N) is 1. The number of thiophene rings is 1. The number of rotatable bonds is 3. The first-order valence-corrected chi connectivity index (χ1v) is 12.1. The SMILES string of the molecule is CC(C)(C)OC(=O)N1CCc2nc(C=NNc3ncnc4cc(C(C)(C)C)sc34)sc2C1. The molecule has 1 N–H and O–H groups in total. The van der Waals surface area contributed by atoms with Crippen molar-refractivity contribution in [2.75, 3.05) is 12.0 Å². The quantitative estimate of drug-likeness (QED) is 0.417. The van der Waals surface area contributed by atoms with Crippen molar-refractivity contribution < 1.29 is 9.53 Å². The van der Waals surface area contributed by atoms with Crippen molar-refractivity contribution in [2.45, 2.75) is 65.5 Å². The van der Waals surface area contributed by atoms with Gasteiger partial charge in [0.05, 0.1) is 28.7 Å². The molecule has 4 heterocycles. The average molecular weight is 473 g/mol. The van der Waals surface area contributed by atoms with Crippen molar-refractivity contribution in [1.29, 1.82) is 0 Å². The molecule has 1 aliphatic heterocycles. The standard InChI is InChI=1S/C22H28N6O2S2/c1-21(2,3)16-9-14-18(32-16)19(24-12-23-14)27-25-10-17-26-13-7-8-28(11-15(13)31-17)20(29)30-22(4,5)6/h9-10,12H,7-8,11H2,1-6H3,(H,23,24,27). The summed E-state index contributed by atoms with van der Waals surface area (Å²) in [7, 11) is 0. The number of hydrogen-bond donors (Lipinski definition) is 1. The minimum Gasteiger partial charge on any atom is -0.444 e. The Morgan fingerprint density at radius 3 is 2.72 bits per heavy atom. The predicted octanol–water partition coefficient (Wildman–Crippen LogP) is 5.18. The number of nitrogens with zero attached hydrogens (tertiary/aromatic N) is 5. The van der Waals surface area contributed by atoms with Crippen LogP contribution in [0.25, 0.3) is 10.2 Å². The van der Waals surface area contributed by atoms with Crippen molar-refractivity contribution >= 4 is 51.0 Å². The Labute approximate surface area is 195 Å². The highest BCUT2D eigenvalue weighted by Gasteiger charge is 2.27. The van der Waals surface area contributed by atoms with Crippen LogP contribution in [0.2, 0.25) is 0 Å². The molecule has 8 nitrogen and oxygen atoms in total. The molecular weight excluding hydrogens is 444 g/mol. The van der Waals surface area contributed by atoms with Crippen LogP contribution in [0, 0.1) is 0 Å². The number of aromatic nitrogens is 3. The van der Waals surface area contributed by atoms with Gasteiger partial charge < -0.3 is 9.64 Å². The van der Waals surface area contributed by atoms with Crippen molar-refractivity contribution in [3.05, 3.63) is 32.8 Å². The van der Waals surface area contributed by atoms with Crippen LogP contribution in [-0.4, -0.2) is 44.3 Å². The van der Waals surface area contributed by atoms with E-state index in [1.54, 1.807) is 40.1 Å². The third-order valence-corrected chi connectivity index (χ3v) is 7.37. The smallest absolute Gasteiger partial charge is 0.410 e. The van der Waals surface area contributed by atoms with E-state index in [1.165, 1.54) is 4.88 Å². The number of thiazole rings is 1. The molecule has 0 atom stereocenters. The molecule has 1 amide bonds. The van der Waals surface area contributed by atoms with Gasteiger partial charge in [0.25, 0.3) is 0 Å². The van der Waals surface area contributed by atoms with Gasteiger partial charge in [-0.25, -0.2) is 19.7 Å². The molecule has 0 bridgehead atoms. The van der Waals surface area contributed by atoms with Gasteiger partial charge in [0.1, 0.15) is 16.9 Å². The second kappa shape index (κ2) is 8.40. The van der Waals surface area contributed by atoms with Crippen LogP contribution >= 0.6 is 22.7 Å². The molecule has 0 saturated heterocycles. The first kappa shape index (κ1) is 22.6. The molecule has 3 aromatic rings. The number of fused-ring (bicyclic) bond motifs is 2. The number of anilines is 1. The highest BCUT2D eigenvalue weighted by atomic mass is 32.1. The maximum Gasteiger partial charge on any atom is 0.410 e. The lowest BCUT2D eigenvalue weighted by Gasteiger charge is -2.29. The van der Waals surface area contributed by atoms with Gasteiger partial charge in [0.2, 0.25) is 0 Å². The summed E-state index contributed by atoms with van der Waals surface area (Å²) >= 11 is 3.22. The Morgan fingerprint density at radius 1 is 1.22 bits per heavy atom. The second-order valence-electron chi connectivity index (χ2n) is 9.74. The third-order valence-electron chi connectivity index (χ3n) is 4.80. The predicted molar refractivity (Wildman–Crippen MR) is 130 cm³/mol. The number of hydrazone groups is 1. The molecule has 0 fully saturated rings. The molecule has 1 aliphatic rings. The van der Waals surface area contributed by atoms with Crippen molar-refractivity contribution in [3.63, 3.8) is 0 Å². The molecule has 32 heavy (non-hydrogen) atoms. The molecule has 0 aliphatic carbocycles. The topological polar surface area (TPSA) is 92.6 Å². The lowest BCUT2D eigenvalue weighted by molar-refractivity contribution is 0.0225. The third kappa shape index (κ3) is 5.07. The van der Waals surface area contributed by atoms with E-state index < -0.39 is 5.60 Å². The summed E-state index contributed by atoms with van der Waals surface area (Å²) in [5, 5.41) is 5.16. The van der Waals surface area contributed by atoms with E-state index in [2.05, 4.69) is 52.3 Å². The van der Waals surface area contributed by atoms with E-state index in [4.69, 9.17) is 4.74 Å². The molecule has 0 radical (unpaired) electrons. The molecule has 0 saturated carbocycles. The minimum atomic E-state index is -0.503. The van der Waals surface area contributed by atoms with Gasteiger partial charge in [0.15, 0.2) is 5.82 Å². The van der Waals surface area contributed by atoms with E-state index in [1.807, 2.05) is 20.8 Å². The minimum absolute atomic E-state index is 0.0546. The number of carbonyl (C=O) groups is 1. The monoisotopic (exact) mass is 472 g/mol. The zero-order valence-corrected chi connectivity index (χ0v) is 20.9. The zero-order chi connectivity index (χ0) is 23.1. The van der Waals surface area contributed by atoms with Crippen molar-refractivity contribution in [3.8, 4) is 0 Å². The number of carbonyl (C=O) groups excluding carboxylic acids is 1. The van der Waals surface area contributed by atoms with Crippen LogP contribution in [0.5, 0.6) is 0 Å². The average Bonchev–Trinajstić information content (AvgIpc) is 3.30. The molecule has 0 spiro atoms. The Kier molecular flexibility index (Phi) is 5.93. The van der Waals surface area contributed by atoms with Gasteiger partial charge in [-0.1, -0.05) is 20.8 Å². The summed E-state index contributed by atoms with van der Waals surface area (Å²) in [6, 6.07) is 2.11. The van der Waals surface area contributed by atoms with E-state index >= 15 is 0 Å². The normalized spacial score (nSPS) is 14.8. The largest absolute Gasteiger partial charge is 0.444 e. The highest BCUT2D eigenvalue weighted by molar-refractivity contribution is 7.19. The van der Waals surface area contributed by atoms with Crippen LogP contribution in [0.15, 0.2) is 17.5 Å². The van der Waals surface area contributed by atoms with Gasteiger partial charge in [-0.2, -0.15) is 5.10 Å². The molecule has 10 heteroatoms. The molecular formula is C22H28N6O2S2. The van der Waals surface area contributed by atoms with Gasteiger partial charge >= 0.3 is 6.09 Å². The summed E-state index contributed by atoms with van der Waals surface area (Å²) in [6.45, 7) is 13.3. The van der Waals surface area contributed by atoms with Crippen molar-refractivity contribution in [1.82, 2.24) is 19.9 Å². The van der Waals surface area contributed by atoms with E-state index in [-0.39, 0.29) is 11.5 Å². The van der Waals surface area contributed by atoms with Gasteiger partial charge in [-0.15, -0.1) is 22.7 Å². The maximum atomic E-state index is 12.4. The van der Waals surface area contributed by atoms with Gasteiger partial charge in [-0.05, 0) is 32.3 Å². The van der Waals surface area contributed by atoms with Crippen LogP contribution in [0.3, 0.4) is 0 Å². The molecule has 0 unspecified atom stereocenters. The van der Waals surface area contributed by atoms with Crippen LogP contribution in [0.4, 0.5) is 10.6 Å². The first-order chi connectivity index (χ1) is 15.0. The van der Waals surface area contributed by atoms with Gasteiger partial charge in [-0.3, -0.25) is 5.43 Å². The highest BCUT2D eigenvalue weighted by Crippen LogP contribution is 2.36. The Balaban J connectivity index is 1.45. The van der Waals surface area contributed by atoms with Crippen LogP contribution < -0.4 is 5.43 Å². The van der Waals surface area contributed by atoms with Crippen LogP contribution in [0.1, 0.15) is 62.0 Å². The lowest BCUT2D eigenvalue weighted by atomic mass is 9.95. The first-order valence-electron chi connectivity index (χ1n) is 10.5. The Bertz CT molecular complexity index is 1170. The fourth-order valence-electron chi connectivity index (χ4n) is 3.21. The lowest BCUT2D eigenvalue weighted by Crippen LogP contribution is -2.39. The van der Waals surface area contributed by atoms with Gasteiger partial charge in [0, 0.05) is 22.7 Å². The van der Waals surface area contributed by atoms with E-state index in [0.717, 1.165) is 25.8 Å². The summed E-state index contributed by atoms with van der Waals surface area (Å²) in [5.74, 6) is 0.684. The number of ether oxygens (including phenoxy) is 1. The Hall–Kier alpha value is -2.59. The summed E-state index contributed by atoms with van der Waals surface area (Å²) < 4.78 is 6.48. The molecule has 3 aromatic heterocycles. The van der Waals surface area contributed by atoms with Crippen LogP contribution in [-0.2, 0) is 23.1 Å². The number of hydrogen-bond acceptors (Lipinski definition) is 9. The van der Waals surface area contributed by atoms with Crippen molar-refractivity contribution in [2.24, 2.45) is 5.10 Å². The maximum absolute atomic E-state index is 12.4. The molecule has 0 aromatic carbocycles. The summed E-state index contributed by atoms with van der Waals surface area (Å²) in [6.07, 6.45) is 3.68. The van der Waals surface area contributed by atoms with E-state index in [9.17, 15) is 4.79 Å². The zero-order valence-electron chi connectivity index (χ0n) is 19.2. The summed E-state index contributed by atoms with van der Waals surface area (Å²) in [4.78, 5) is 29.8. The molecule has 170 valence electrons.